The molecule has 9 nitrogen and oxygen atoms in total. The lowest BCUT2D eigenvalue weighted by Crippen LogP contribution is -2.54. The van der Waals surface area contributed by atoms with Gasteiger partial charge in [0.1, 0.15) is 0 Å². The molecule has 0 spiro atoms. The van der Waals surface area contributed by atoms with E-state index in [1.165, 1.54) is 0 Å². The SMILES string of the molecule is COc1cc2nccc(N3CCN(CCNNS(=O)O)[C@H](C)C3)c2cc1OC. The van der Waals surface area contributed by atoms with Crippen LogP contribution in [0.5, 0.6) is 11.5 Å². The van der Waals surface area contributed by atoms with Gasteiger partial charge in [-0.05, 0) is 19.1 Å². The second kappa shape index (κ2) is 9.48. The molecule has 0 bridgehead atoms. The number of benzene rings is 1. The zero-order chi connectivity index (χ0) is 20.1. The molecule has 0 aliphatic carbocycles. The fraction of sp³-hybridized carbons (Fsp3) is 0.500. The largest absolute Gasteiger partial charge is 0.493 e. The zero-order valence-corrected chi connectivity index (χ0v) is 17.2. The van der Waals surface area contributed by atoms with Crippen molar-refractivity contribution in [3.8, 4) is 11.5 Å². The van der Waals surface area contributed by atoms with E-state index in [1.54, 1.807) is 14.2 Å². The van der Waals surface area contributed by atoms with E-state index in [0.717, 1.165) is 42.8 Å². The number of pyridine rings is 1. The molecule has 0 amide bonds. The molecule has 28 heavy (non-hydrogen) atoms. The van der Waals surface area contributed by atoms with E-state index in [0.29, 0.717) is 24.1 Å². The Morgan fingerprint density at radius 3 is 2.71 bits per heavy atom. The van der Waals surface area contributed by atoms with Crippen molar-refractivity contribution in [2.24, 2.45) is 0 Å². The molecule has 3 rings (SSSR count). The monoisotopic (exact) mass is 409 g/mol. The van der Waals surface area contributed by atoms with Crippen molar-refractivity contribution in [1.29, 1.82) is 0 Å². The minimum Gasteiger partial charge on any atom is -0.493 e. The third kappa shape index (κ3) is 4.70. The summed E-state index contributed by atoms with van der Waals surface area (Å²) in [6.45, 7) is 6.25. The highest BCUT2D eigenvalue weighted by molar-refractivity contribution is 7.77. The van der Waals surface area contributed by atoms with Crippen LogP contribution in [0.3, 0.4) is 0 Å². The average Bonchev–Trinajstić information content (AvgIpc) is 2.70. The number of rotatable bonds is 8. The van der Waals surface area contributed by atoms with Crippen LogP contribution >= 0.6 is 0 Å². The number of hydrogen-bond donors (Lipinski definition) is 3. The molecule has 154 valence electrons. The minimum atomic E-state index is -2.04. The number of piperazine rings is 1. The van der Waals surface area contributed by atoms with Crippen LogP contribution in [0, 0.1) is 0 Å². The number of methoxy groups -OCH3 is 2. The van der Waals surface area contributed by atoms with Crippen LogP contribution < -0.4 is 24.6 Å². The Balaban J connectivity index is 1.72. The molecular formula is C18H27N5O4S. The first-order valence-electron chi connectivity index (χ1n) is 9.12. The van der Waals surface area contributed by atoms with Crippen molar-refractivity contribution in [2.75, 3.05) is 51.8 Å². The average molecular weight is 410 g/mol. The number of ether oxygens (including phenoxy) is 2. The molecule has 1 aliphatic rings. The molecule has 1 aromatic heterocycles. The Morgan fingerprint density at radius 1 is 1.29 bits per heavy atom. The third-order valence-corrected chi connectivity index (χ3v) is 5.33. The van der Waals surface area contributed by atoms with Crippen LogP contribution in [0.15, 0.2) is 24.4 Å². The van der Waals surface area contributed by atoms with Crippen molar-refractivity contribution in [3.05, 3.63) is 24.4 Å². The van der Waals surface area contributed by atoms with Crippen molar-refractivity contribution >= 4 is 27.9 Å². The molecular weight excluding hydrogens is 382 g/mol. The molecule has 3 N–H and O–H groups in total. The standard InChI is InChI=1S/C18H27N5O4S/c1-13-12-23(9-8-22(13)7-6-20-21-28(24)25)16-4-5-19-15-11-18(27-3)17(26-2)10-14(15)16/h4-5,10-11,13,20-21H,6-9,12H2,1-3H3,(H,24,25)/t13-/m1/s1. The van der Waals surface area contributed by atoms with E-state index in [4.69, 9.17) is 14.0 Å². The highest BCUT2D eigenvalue weighted by Gasteiger charge is 2.25. The smallest absolute Gasteiger partial charge is 0.245 e. The summed E-state index contributed by atoms with van der Waals surface area (Å²) in [4.78, 5) is 11.5. The van der Waals surface area contributed by atoms with Gasteiger partial charge in [-0.2, -0.15) is 4.83 Å². The van der Waals surface area contributed by atoms with Gasteiger partial charge in [0.2, 0.25) is 11.3 Å². The topological polar surface area (TPSA) is 99.2 Å². The van der Waals surface area contributed by atoms with Gasteiger partial charge in [0.25, 0.3) is 0 Å². The number of fused-ring (bicyclic) bond motifs is 1. The summed E-state index contributed by atoms with van der Waals surface area (Å²) >= 11 is -2.04. The number of anilines is 1. The molecule has 10 heteroatoms. The van der Waals surface area contributed by atoms with E-state index < -0.39 is 11.3 Å². The van der Waals surface area contributed by atoms with Gasteiger partial charge >= 0.3 is 0 Å². The summed E-state index contributed by atoms with van der Waals surface area (Å²) in [6, 6.07) is 6.27. The van der Waals surface area contributed by atoms with E-state index in [2.05, 4.69) is 32.0 Å². The van der Waals surface area contributed by atoms with Crippen molar-refractivity contribution in [3.63, 3.8) is 0 Å². The van der Waals surface area contributed by atoms with Gasteiger partial charge in [0.15, 0.2) is 11.5 Å². The predicted octanol–water partition coefficient (Wildman–Crippen LogP) is 0.993. The van der Waals surface area contributed by atoms with Crippen LogP contribution in [0.2, 0.25) is 0 Å². The lowest BCUT2D eigenvalue weighted by atomic mass is 10.1. The van der Waals surface area contributed by atoms with Gasteiger partial charge in [-0.15, -0.1) is 0 Å². The second-order valence-electron chi connectivity index (χ2n) is 6.66. The van der Waals surface area contributed by atoms with E-state index in [9.17, 15) is 4.21 Å². The Kier molecular flexibility index (Phi) is 7.03. The maximum Gasteiger partial charge on any atom is 0.245 e. The third-order valence-electron chi connectivity index (χ3n) is 5.01. The van der Waals surface area contributed by atoms with Gasteiger partial charge in [-0.3, -0.25) is 14.4 Å². The Labute approximate surface area is 167 Å². The van der Waals surface area contributed by atoms with Crippen LogP contribution in [0.1, 0.15) is 6.92 Å². The fourth-order valence-corrected chi connectivity index (χ4v) is 3.82. The van der Waals surface area contributed by atoms with E-state index >= 15 is 0 Å². The molecule has 1 saturated heterocycles. The lowest BCUT2D eigenvalue weighted by Gasteiger charge is -2.41. The Morgan fingerprint density at radius 2 is 2.04 bits per heavy atom. The van der Waals surface area contributed by atoms with Crippen LogP contribution in [0.4, 0.5) is 5.69 Å². The minimum absolute atomic E-state index is 0.346. The second-order valence-corrected chi connectivity index (χ2v) is 7.37. The van der Waals surface area contributed by atoms with Gasteiger partial charge in [-0.1, -0.05) is 0 Å². The van der Waals surface area contributed by atoms with Gasteiger partial charge in [0.05, 0.1) is 19.7 Å². The molecule has 2 aromatic rings. The molecule has 1 aliphatic heterocycles. The normalized spacial score (nSPS) is 19.0. The molecule has 2 heterocycles. The first kappa shape index (κ1) is 20.7. The van der Waals surface area contributed by atoms with Crippen LogP contribution in [-0.4, -0.2) is 71.6 Å². The van der Waals surface area contributed by atoms with Gasteiger partial charge in [-0.25, -0.2) is 9.63 Å². The summed E-state index contributed by atoms with van der Waals surface area (Å²) in [5.74, 6) is 1.36. The summed E-state index contributed by atoms with van der Waals surface area (Å²) in [5.41, 5.74) is 4.76. The zero-order valence-electron chi connectivity index (χ0n) is 16.3. The Bertz CT molecular complexity index is 837. The number of hydrogen-bond acceptors (Lipinski definition) is 7. The molecule has 1 aromatic carbocycles. The number of nitrogens with zero attached hydrogens (tertiary/aromatic N) is 3. The summed E-state index contributed by atoms with van der Waals surface area (Å²) in [6.07, 6.45) is 1.82. The predicted molar refractivity (Wildman–Crippen MR) is 110 cm³/mol. The summed E-state index contributed by atoms with van der Waals surface area (Å²) in [5, 5.41) is 1.04. The number of aromatic nitrogens is 1. The molecule has 1 unspecified atom stereocenters. The van der Waals surface area contributed by atoms with E-state index in [1.807, 2.05) is 24.4 Å². The molecule has 1 fully saturated rings. The fourth-order valence-electron chi connectivity index (χ4n) is 3.59. The van der Waals surface area contributed by atoms with Crippen molar-refractivity contribution in [1.82, 2.24) is 20.1 Å². The Hall–Kier alpha value is -1.98. The number of hydrazine groups is 1. The first-order valence-corrected chi connectivity index (χ1v) is 10.2. The van der Waals surface area contributed by atoms with Gasteiger partial charge < -0.3 is 14.4 Å². The quantitative estimate of drug-likeness (QED) is 0.337. The molecule has 2 atom stereocenters. The van der Waals surface area contributed by atoms with E-state index in [-0.39, 0.29) is 0 Å². The highest BCUT2D eigenvalue weighted by Crippen LogP contribution is 2.36. The molecule has 0 radical (unpaired) electrons. The summed E-state index contributed by atoms with van der Waals surface area (Å²) in [7, 11) is 3.26. The van der Waals surface area contributed by atoms with Crippen LogP contribution in [0.25, 0.3) is 10.9 Å². The van der Waals surface area contributed by atoms with Crippen molar-refractivity contribution in [2.45, 2.75) is 13.0 Å². The molecule has 0 saturated carbocycles. The van der Waals surface area contributed by atoms with Crippen LogP contribution in [-0.2, 0) is 11.3 Å². The summed E-state index contributed by atoms with van der Waals surface area (Å²) < 4.78 is 30.2. The first-order chi connectivity index (χ1) is 13.5. The maximum absolute atomic E-state index is 10.6. The maximum atomic E-state index is 10.6. The lowest BCUT2D eigenvalue weighted by molar-refractivity contribution is 0.189. The highest BCUT2D eigenvalue weighted by atomic mass is 32.2. The number of nitrogens with one attached hydrogen (secondary N) is 2. The van der Waals surface area contributed by atoms with Gasteiger partial charge in [0, 0.05) is 62.1 Å². The van der Waals surface area contributed by atoms with Crippen molar-refractivity contribution < 1.29 is 18.2 Å².